The number of aromatic nitrogens is 1. The molecule has 0 aliphatic rings. The number of hydrogen-bond donors (Lipinski definition) is 1. The van der Waals surface area contributed by atoms with E-state index in [0.29, 0.717) is 26.0 Å². The Labute approximate surface area is 134 Å². The minimum Gasteiger partial charge on any atom is -0.278 e. The number of aryl methyl sites for hydroxylation is 2. The highest BCUT2D eigenvalue weighted by molar-refractivity contribution is 9.10. The summed E-state index contributed by atoms with van der Waals surface area (Å²) in [7, 11) is -3.64. The Kier molecular flexibility index (Phi) is 4.51. The van der Waals surface area contributed by atoms with Crippen LogP contribution in [-0.2, 0) is 10.0 Å². The van der Waals surface area contributed by atoms with E-state index >= 15 is 0 Å². The van der Waals surface area contributed by atoms with Crippen LogP contribution in [0.1, 0.15) is 11.3 Å². The first kappa shape index (κ1) is 15.5. The third-order valence-corrected chi connectivity index (χ3v) is 5.18. The molecule has 1 aromatic carbocycles. The van der Waals surface area contributed by atoms with Crippen molar-refractivity contribution in [1.82, 2.24) is 4.98 Å². The largest absolute Gasteiger partial charge is 0.278 e. The zero-order chi connectivity index (χ0) is 14.9. The standard InChI is InChI=1S/C13H12Br2N2O2S/c1-8-3-4-10(14)7-12(8)20(18,19)17-11-5-6-13(15)16-9(11)2/h3-7,17H,1-2H3. The second kappa shape index (κ2) is 5.83. The van der Waals surface area contributed by atoms with Crippen LogP contribution in [0.4, 0.5) is 5.69 Å². The molecular weight excluding hydrogens is 408 g/mol. The maximum atomic E-state index is 12.4. The van der Waals surface area contributed by atoms with E-state index in [1.807, 2.05) is 0 Å². The van der Waals surface area contributed by atoms with Gasteiger partial charge in [0.1, 0.15) is 4.60 Å². The highest BCUT2D eigenvalue weighted by Crippen LogP contribution is 2.24. The fourth-order valence-corrected chi connectivity index (χ4v) is 4.00. The van der Waals surface area contributed by atoms with E-state index in [1.165, 1.54) is 0 Å². The van der Waals surface area contributed by atoms with Crippen LogP contribution in [0.5, 0.6) is 0 Å². The van der Waals surface area contributed by atoms with E-state index in [4.69, 9.17) is 0 Å². The lowest BCUT2D eigenvalue weighted by Gasteiger charge is -2.12. The molecule has 0 fully saturated rings. The molecule has 0 saturated heterocycles. The number of rotatable bonds is 3. The van der Waals surface area contributed by atoms with Crippen molar-refractivity contribution in [3.63, 3.8) is 0 Å². The van der Waals surface area contributed by atoms with Crippen molar-refractivity contribution in [2.24, 2.45) is 0 Å². The van der Waals surface area contributed by atoms with Crippen LogP contribution >= 0.6 is 31.9 Å². The van der Waals surface area contributed by atoms with Gasteiger partial charge in [0.2, 0.25) is 0 Å². The fourth-order valence-electron chi connectivity index (χ4n) is 1.70. The molecule has 0 aliphatic heterocycles. The molecule has 0 bridgehead atoms. The van der Waals surface area contributed by atoms with E-state index in [2.05, 4.69) is 41.6 Å². The van der Waals surface area contributed by atoms with Crippen LogP contribution in [0.15, 0.2) is 44.3 Å². The monoisotopic (exact) mass is 418 g/mol. The summed E-state index contributed by atoms with van der Waals surface area (Å²) < 4.78 is 28.8. The second-order valence-electron chi connectivity index (χ2n) is 4.28. The molecule has 2 aromatic rings. The van der Waals surface area contributed by atoms with E-state index in [1.54, 1.807) is 44.2 Å². The first-order chi connectivity index (χ1) is 9.29. The van der Waals surface area contributed by atoms with E-state index in [0.717, 1.165) is 0 Å². The smallest absolute Gasteiger partial charge is 0.262 e. The summed E-state index contributed by atoms with van der Waals surface area (Å²) >= 11 is 6.53. The Balaban J connectivity index is 2.43. The molecule has 0 saturated carbocycles. The van der Waals surface area contributed by atoms with Crippen molar-refractivity contribution in [2.45, 2.75) is 18.7 Å². The average Bonchev–Trinajstić information content (AvgIpc) is 2.35. The molecule has 0 atom stereocenters. The second-order valence-corrected chi connectivity index (χ2v) is 7.66. The van der Waals surface area contributed by atoms with Gasteiger partial charge in [0, 0.05) is 4.47 Å². The van der Waals surface area contributed by atoms with Crippen LogP contribution in [0, 0.1) is 13.8 Å². The molecule has 0 spiro atoms. The summed E-state index contributed by atoms with van der Waals surface area (Å²) in [5.41, 5.74) is 1.76. The van der Waals surface area contributed by atoms with Gasteiger partial charge >= 0.3 is 0 Å². The number of sulfonamides is 1. The maximum Gasteiger partial charge on any atom is 0.262 e. The van der Waals surface area contributed by atoms with Gasteiger partial charge in [-0.05, 0) is 59.6 Å². The summed E-state index contributed by atoms with van der Waals surface area (Å²) in [4.78, 5) is 4.42. The van der Waals surface area contributed by atoms with Crippen LogP contribution < -0.4 is 4.72 Å². The molecule has 20 heavy (non-hydrogen) atoms. The molecule has 1 N–H and O–H groups in total. The Morgan fingerprint density at radius 2 is 1.80 bits per heavy atom. The van der Waals surface area contributed by atoms with Crippen molar-refractivity contribution < 1.29 is 8.42 Å². The van der Waals surface area contributed by atoms with Crippen LogP contribution in [0.2, 0.25) is 0 Å². The highest BCUT2D eigenvalue weighted by Gasteiger charge is 2.18. The zero-order valence-corrected chi connectivity index (χ0v) is 14.8. The topological polar surface area (TPSA) is 59.1 Å². The van der Waals surface area contributed by atoms with Gasteiger partial charge in [-0.15, -0.1) is 0 Å². The molecule has 1 heterocycles. The third-order valence-electron chi connectivity index (χ3n) is 2.74. The number of nitrogens with one attached hydrogen (secondary N) is 1. The molecular formula is C13H12Br2N2O2S. The molecule has 106 valence electrons. The van der Waals surface area contributed by atoms with Gasteiger partial charge in [-0.3, -0.25) is 4.72 Å². The first-order valence-corrected chi connectivity index (χ1v) is 8.78. The lowest BCUT2D eigenvalue weighted by Crippen LogP contribution is -2.15. The third kappa shape index (κ3) is 3.39. The molecule has 4 nitrogen and oxygen atoms in total. The molecule has 0 unspecified atom stereocenters. The van der Waals surface area contributed by atoms with E-state index in [9.17, 15) is 8.42 Å². The normalized spacial score (nSPS) is 11.4. The molecule has 0 radical (unpaired) electrons. The number of nitrogens with zero attached hydrogens (tertiary/aromatic N) is 1. The van der Waals surface area contributed by atoms with Gasteiger partial charge in [0.15, 0.2) is 0 Å². The van der Waals surface area contributed by atoms with Crippen molar-refractivity contribution in [3.8, 4) is 0 Å². The summed E-state index contributed by atoms with van der Waals surface area (Å²) in [5, 5.41) is 0. The van der Waals surface area contributed by atoms with Gasteiger partial charge in [0.05, 0.1) is 16.3 Å². The zero-order valence-electron chi connectivity index (χ0n) is 10.8. The van der Waals surface area contributed by atoms with Crippen molar-refractivity contribution >= 4 is 47.6 Å². The van der Waals surface area contributed by atoms with Crippen molar-refractivity contribution in [1.29, 1.82) is 0 Å². The van der Waals surface area contributed by atoms with Gasteiger partial charge in [-0.1, -0.05) is 22.0 Å². The predicted molar refractivity (Wildman–Crippen MR) is 86.4 cm³/mol. The minimum atomic E-state index is -3.64. The van der Waals surface area contributed by atoms with E-state index in [-0.39, 0.29) is 4.90 Å². The maximum absolute atomic E-state index is 12.4. The van der Waals surface area contributed by atoms with Gasteiger partial charge < -0.3 is 0 Å². The highest BCUT2D eigenvalue weighted by atomic mass is 79.9. The Morgan fingerprint density at radius 1 is 1.10 bits per heavy atom. The molecule has 0 amide bonds. The van der Waals surface area contributed by atoms with Crippen LogP contribution in [-0.4, -0.2) is 13.4 Å². The van der Waals surface area contributed by atoms with Crippen molar-refractivity contribution in [3.05, 3.63) is 50.7 Å². The fraction of sp³-hybridized carbons (Fsp3) is 0.154. The van der Waals surface area contributed by atoms with Gasteiger partial charge in [-0.25, -0.2) is 13.4 Å². The number of halogens is 2. The van der Waals surface area contributed by atoms with E-state index < -0.39 is 10.0 Å². The number of anilines is 1. The minimum absolute atomic E-state index is 0.245. The molecule has 0 aliphatic carbocycles. The summed E-state index contributed by atoms with van der Waals surface area (Å²) in [6.07, 6.45) is 0. The van der Waals surface area contributed by atoms with Crippen LogP contribution in [0.3, 0.4) is 0 Å². The lowest BCUT2D eigenvalue weighted by atomic mass is 10.2. The molecule has 1 aromatic heterocycles. The van der Waals surface area contributed by atoms with Crippen LogP contribution in [0.25, 0.3) is 0 Å². The quantitative estimate of drug-likeness (QED) is 0.764. The molecule has 7 heteroatoms. The Hall–Kier alpha value is -0.920. The van der Waals surface area contributed by atoms with Crippen molar-refractivity contribution in [2.75, 3.05) is 4.72 Å². The first-order valence-electron chi connectivity index (χ1n) is 5.72. The van der Waals surface area contributed by atoms with Gasteiger partial charge in [-0.2, -0.15) is 0 Å². The number of benzene rings is 1. The lowest BCUT2D eigenvalue weighted by molar-refractivity contribution is 0.600. The SMILES string of the molecule is Cc1ccc(Br)cc1S(=O)(=O)Nc1ccc(Br)nc1C. The Bertz CT molecular complexity index is 761. The summed E-state index contributed by atoms with van der Waals surface area (Å²) in [6.45, 7) is 3.50. The number of hydrogen-bond acceptors (Lipinski definition) is 3. The molecule has 2 rings (SSSR count). The predicted octanol–water partition coefficient (Wildman–Crippen LogP) is 4.02. The van der Waals surface area contributed by atoms with Gasteiger partial charge in [0.25, 0.3) is 10.0 Å². The number of pyridine rings is 1. The Morgan fingerprint density at radius 3 is 2.45 bits per heavy atom. The average molecular weight is 420 g/mol. The summed E-state index contributed by atoms with van der Waals surface area (Å²) in [6, 6.07) is 8.52. The summed E-state index contributed by atoms with van der Waals surface area (Å²) in [5.74, 6) is 0.